The fraction of sp³-hybridized carbons (Fsp3) is 0.150. The molecule has 0 spiro atoms. The van der Waals surface area contributed by atoms with E-state index in [-0.39, 0.29) is 17.5 Å². The summed E-state index contributed by atoms with van der Waals surface area (Å²) in [5.74, 6) is -0.617. The van der Waals surface area contributed by atoms with Gasteiger partial charge in [-0.05, 0) is 24.6 Å². The number of carbonyl (C=O) groups is 2. The van der Waals surface area contributed by atoms with Crippen molar-refractivity contribution in [3.8, 4) is 17.3 Å². The van der Waals surface area contributed by atoms with Crippen LogP contribution in [0.5, 0.6) is 0 Å². The third kappa shape index (κ3) is 4.80. The van der Waals surface area contributed by atoms with Crippen LogP contribution in [0.3, 0.4) is 0 Å². The molecular formula is C20H18N6O2. The van der Waals surface area contributed by atoms with Gasteiger partial charge in [0.2, 0.25) is 0 Å². The van der Waals surface area contributed by atoms with Crippen LogP contribution in [0, 0.1) is 11.3 Å². The molecule has 3 rings (SSSR count). The molecule has 2 heterocycles. The summed E-state index contributed by atoms with van der Waals surface area (Å²) in [5.41, 5.74) is 2.57. The van der Waals surface area contributed by atoms with E-state index in [0.29, 0.717) is 36.5 Å². The Morgan fingerprint density at radius 2 is 1.79 bits per heavy atom. The van der Waals surface area contributed by atoms with Crippen LogP contribution in [0.25, 0.3) is 11.3 Å². The first-order valence-electron chi connectivity index (χ1n) is 8.71. The molecule has 28 heavy (non-hydrogen) atoms. The molecule has 2 amide bonds. The smallest absolute Gasteiger partial charge is 0.269 e. The summed E-state index contributed by atoms with van der Waals surface area (Å²) in [6, 6.07) is 16.2. The maximum absolute atomic E-state index is 12.2. The van der Waals surface area contributed by atoms with Gasteiger partial charge < -0.3 is 10.6 Å². The Balaban J connectivity index is 1.42. The molecule has 3 aromatic rings. The number of amides is 2. The van der Waals surface area contributed by atoms with Crippen molar-refractivity contribution in [1.82, 2.24) is 25.8 Å². The van der Waals surface area contributed by atoms with Gasteiger partial charge >= 0.3 is 0 Å². The Hall–Kier alpha value is -3.99. The van der Waals surface area contributed by atoms with Crippen LogP contribution in [0.15, 0.2) is 54.7 Å². The SMILES string of the molecule is N#Cc1ccnc(C(=O)NCCCNC(=O)c2cc(-c3ccccc3)n[nH]2)c1. The zero-order valence-corrected chi connectivity index (χ0v) is 15.0. The Bertz CT molecular complexity index is 1010. The monoisotopic (exact) mass is 374 g/mol. The summed E-state index contributed by atoms with van der Waals surface area (Å²) >= 11 is 0. The highest BCUT2D eigenvalue weighted by atomic mass is 16.2. The fourth-order valence-corrected chi connectivity index (χ4v) is 2.50. The van der Waals surface area contributed by atoms with Gasteiger partial charge in [0.05, 0.1) is 17.3 Å². The number of nitrogens with zero attached hydrogens (tertiary/aromatic N) is 3. The molecule has 3 N–H and O–H groups in total. The van der Waals surface area contributed by atoms with Crippen LogP contribution in [-0.4, -0.2) is 40.1 Å². The third-order valence-corrected chi connectivity index (χ3v) is 3.94. The second-order valence-corrected chi connectivity index (χ2v) is 5.94. The lowest BCUT2D eigenvalue weighted by molar-refractivity contribution is 0.0946. The van der Waals surface area contributed by atoms with Crippen molar-refractivity contribution >= 4 is 11.8 Å². The number of benzene rings is 1. The number of aromatic amines is 1. The van der Waals surface area contributed by atoms with Crippen molar-refractivity contribution in [2.75, 3.05) is 13.1 Å². The lowest BCUT2D eigenvalue weighted by atomic mass is 10.1. The number of pyridine rings is 1. The van der Waals surface area contributed by atoms with E-state index >= 15 is 0 Å². The molecule has 0 atom stereocenters. The number of H-pyrrole nitrogens is 1. The number of aromatic nitrogens is 3. The first kappa shape index (κ1) is 18.8. The van der Waals surface area contributed by atoms with Crippen LogP contribution in [0.1, 0.15) is 33.0 Å². The highest BCUT2D eigenvalue weighted by Crippen LogP contribution is 2.16. The van der Waals surface area contributed by atoms with Crippen molar-refractivity contribution in [2.45, 2.75) is 6.42 Å². The molecular weight excluding hydrogens is 356 g/mol. The molecule has 0 unspecified atom stereocenters. The minimum atomic E-state index is -0.357. The average Bonchev–Trinajstić information content (AvgIpc) is 3.24. The number of rotatable bonds is 7. The van der Waals surface area contributed by atoms with E-state index in [1.54, 1.807) is 6.07 Å². The Morgan fingerprint density at radius 1 is 1.04 bits per heavy atom. The highest BCUT2D eigenvalue weighted by molar-refractivity contribution is 5.93. The molecule has 8 heteroatoms. The molecule has 0 radical (unpaired) electrons. The number of nitrogens with one attached hydrogen (secondary N) is 3. The van der Waals surface area contributed by atoms with Crippen molar-refractivity contribution in [2.24, 2.45) is 0 Å². The van der Waals surface area contributed by atoms with Gasteiger partial charge in [-0.15, -0.1) is 0 Å². The van der Waals surface area contributed by atoms with Gasteiger partial charge in [0.1, 0.15) is 11.4 Å². The standard InChI is InChI=1S/C20H18N6O2/c21-13-14-7-10-22-17(11-14)19(27)23-8-4-9-24-20(28)18-12-16(25-26-18)15-5-2-1-3-6-15/h1-3,5-7,10-12H,4,8-9H2,(H,23,27)(H,24,28)(H,25,26). The molecule has 0 fully saturated rings. The molecule has 0 aliphatic heterocycles. The predicted octanol–water partition coefficient (Wildman–Crippen LogP) is 1.89. The van der Waals surface area contributed by atoms with E-state index in [9.17, 15) is 9.59 Å². The summed E-state index contributed by atoms with van der Waals surface area (Å²) in [7, 11) is 0. The van der Waals surface area contributed by atoms with Crippen molar-refractivity contribution in [1.29, 1.82) is 5.26 Å². The van der Waals surface area contributed by atoms with Gasteiger partial charge in [0, 0.05) is 24.8 Å². The zero-order chi connectivity index (χ0) is 19.8. The maximum Gasteiger partial charge on any atom is 0.269 e. The van der Waals surface area contributed by atoms with Crippen molar-refractivity contribution < 1.29 is 9.59 Å². The van der Waals surface area contributed by atoms with Gasteiger partial charge in [-0.3, -0.25) is 19.7 Å². The second-order valence-electron chi connectivity index (χ2n) is 5.94. The summed E-state index contributed by atoms with van der Waals surface area (Å²) in [6.45, 7) is 0.764. The van der Waals surface area contributed by atoms with E-state index in [4.69, 9.17) is 5.26 Å². The molecule has 140 valence electrons. The van der Waals surface area contributed by atoms with Crippen molar-refractivity contribution in [3.05, 3.63) is 71.7 Å². The first-order chi connectivity index (χ1) is 13.7. The van der Waals surface area contributed by atoms with Gasteiger partial charge in [0.25, 0.3) is 11.8 Å². The van der Waals surface area contributed by atoms with Crippen LogP contribution in [0.4, 0.5) is 0 Å². The molecule has 1 aromatic carbocycles. The van der Waals surface area contributed by atoms with E-state index in [0.717, 1.165) is 5.56 Å². The van der Waals surface area contributed by atoms with E-state index < -0.39 is 0 Å². The summed E-state index contributed by atoms with van der Waals surface area (Å²) in [6.07, 6.45) is 1.97. The normalized spacial score (nSPS) is 10.1. The quantitative estimate of drug-likeness (QED) is 0.545. The Labute approximate surface area is 161 Å². The average molecular weight is 374 g/mol. The van der Waals surface area contributed by atoms with E-state index in [1.807, 2.05) is 36.4 Å². The minimum absolute atomic E-state index is 0.189. The van der Waals surface area contributed by atoms with Gasteiger partial charge in [0.15, 0.2) is 0 Å². The summed E-state index contributed by atoms with van der Waals surface area (Å²) in [5, 5.41) is 21.2. The Morgan fingerprint density at radius 3 is 2.54 bits per heavy atom. The van der Waals surface area contributed by atoms with Gasteiger partial charge in [-0.25, -0.2) is 0 Å². The number of hydrogen-bond donors (Lipinski definition) is 3. The van der Waals surface area contributed by atoms with E-state index in [1.165, 1.54) is 18.3 Å². The molecule has 0 aliphatic rings. The van der Waals surface area contributed by atoms with Crippen molar-refractivity contribution in [3.63, 3.8) is 0 Å². The zero-order valence-electron chi connectivity index (χ0n) is 15.0. The predicted molar refractivity (Wildman–Crippen MR) is 102 cm³/mol. The van der Waals surface area contributed by atoms with Gasteiger partial charge in [-0.2, -0.15) is 10.4 Å². The molecule has 0 saturated carbocycles. The fourth-order valence-electron chi connectivity index (χ4n) is 2.50. The molecule has 0 saturated heterocycles. The maximum atomic E-state index is 12.2. The lowest BCUT2D eigenvalue weighted by Crippen LogP contribution is -2.30. The molecule has 2 aromatic heterocycles. The first-order valence-corrected chi connectivity index (χ1v) is 8.71. The minimum Gasteiger partial charge on any atom is -0.351 e. The van der Waals surface area contributed by atoms with Crippen LogP contribution < -0.4 is 10.6 Å². The number of nitriles is 1. The third-order valence-electron chi connectivity index (χ3n) is 3.94. The molecule has 0 aliphatic carbocycles. The summed E-state index contributed by atoms with van der Waals surface area (Å²) < 4.78 is 0. The largest absolute Gasteiger partial charge is 0.351 e. The van der Waals surface area contributed by atoms with Crippen LogP contribution in [-0.2, 0) is 0 Å². The number of hydrogen-bond acceptors (Lipinski definition) is 5. The highest BCUT2D eigenvalue weighted by Gasteiger charge is 2.11. The topological polar surface area (TPSA) is 124 Å². The second kappa shape index (κ2) is 9.09. The molecule has 8 nitrogen and oxygen atoms in total. The lowest BCUT2D eigenvalue weighted by Gasteiger charge is -2.06. The summed E-state index contributed by atoms with van der Waals surface area (Å²) in [4.78, 5) is 28.1. The number of carbonyl (C=O) groups excluding carboxylic acids is 2. The van der Waals surface area contributed by atoms with Crippen LogP contribution in [0.2, 0.25) is 0 Å². The van der Waals surface area contributed by atoms with E-state index in [2.05, 4.69) is 25.8 Å². The Kier molecular flexibility index (Phi) is 6.10. The van der Waals surface area contributed by atoms with Crippen LogP contribution >= 0.6 is 0 Å². The molecule has 0 bridgehead atoms. The van der Waals surface area contributed by atoms with Gasteiger partial charge in [-0.1, -0.05) is 30.3 Å².